The topological polar surface area (TPSA) is 51.8 Å². The molecule has 0 amide bonds. The molecule has 0 bridgehead atoms. The van der Waals surface area contributed by atoms with E-state index in [2.05, 4.69) is 27.2 Å². The maximum Gasteiger partial charge on any atom is 0.151 e. The summed E-state index contributed by atoms with van der Waals surface area (Å²) in [7, 11) is 0. The first-order chi connectivity index (χ1) is 18.6. The Morgan fingerprint density at radius 3 is 2.50 bits per heavy atom. The van der Waals surface area contributed by atoms with Crippen molar-refractivity contribution in [3.8, 4) is 22.5 Å². The fourth-order valence-electron chi connectivity index (χ4n) is 3.43. The van der Waals surface area contributed by atoms with Crippen molar-refractivity contribution in [2.45, 2.75) is 13.7 Å². The molecule has 0 N–H and O–H groups in total. The monoisotopic (exact) mass is 626 g/mol. The number of benzene rings is 2. The number of aryl methyl sites for hydroxylation is 2. The summed E-state index contributed by atoms with van der Waals surface area (Å²) in [5, 5.41) is 1.85. The maximum atomic E-state index is 7.67. The van der Waals surface area contributed by atoms with Gasteiger partial charge in [0.05, 0.1) is 6.20 Å². The van der Waals surface area contributed by atoms with Crippen LogP contribution in [0.4, 0.5) is 0 Å². The summed E-state index contributed by atoms with van der Waals surface area (Å²) >= 11 is 0. The van der Waals surface area contributed by atoms with Crippen molar-refractivity contribution in [2.75, 3.05) is 0 Å². The van der Waals surface area contributed by atoms with Crippen LogP contribution in [-0.4, -0.2) is 15.0 Å². The molecule has 0 unspecified atom stereocenters. The van der Waals surface area contributed by atoms with Gasteiger partial charge in [-0.2, -0.15) is 0 Å². The first-order valence-electron chi connectivity index (χ1n) is 13.2. The molecule has 0 saturated heterocycles. The molecule has 169 valence electrons. The van der Waals surface area contributed by atoms with Crippen molar-refractivity contribution in [1.82, 2.24) is 15.0 Å². The SMILES string of the molecule is [2H]C([2H])([2H])c1ccc(-c2[c-]cccc2)nc1.[2H]C([2H])([2H])c1ccn[c-]c1-c1cc2c(cn1)oc1ccccc12.[Ir]. The molecule has 6 rings (SSSR count). The molecule has 6 aromatic rings. The van der Waals surface area contributed by atoms with Gasteiger partial charge < -0.3 is 19.4 Å². The molecule has 2 aromatic carbocycles. The summed E-state index contributed by atoms with van der Waals surface area (Å²) in [6.45, 7) is -4.34. The number of hydrogen-bond donors (Lipinski definition) is 0. The number of fused-ring (bicyclic) bond motifs is 3. The van der Waals surface area contributed by atoms with E-state index in [9.17, 15) is 0 Å². The van der Waals surface area contributed by atoms with Crippen molar-refractivity contribution < 1.29 is 32.7 Å². The quantitative estimate of drug-likeness (QED) is 0.195. The predicted molar refractivity (Wildman–Crippen MR) is 132 cm³/mol. The van der Waals surface area contributed by atoms with Crippen LogP contribution in [0.5, 0.6) is 0 Å². The predicted octanol–water partition coefficient (Wildman–Crippen LogP) is 7.01. The summed E-state index contributed by atoms with van der Waals surface area (Å²) in [6.07, 6.45) is 7.19. The zero-order chi connectivity index (χ0) is 27.6. The third-order valence-electron chi connectivity index (χ3n) is 5.03. The fourth-order valence-corrected chi connectivity index (χ4v) is 3.43. The van der Waals surface area contributed by atoms with Gasteiger partial charge in [0.15, 0.2) is 5.58 Å². The Morgan fingerprint density at radius 2 is 1.71 bits per heavy atom. The minimum absolute atomic E-state index is 0. The Kier molecular flexibility index (Phi) is 5.22. The van der Waals surface area contributed by atoms with Crippen molar-refractivity contribution in [2.24, 2.45) is 0 Å². The summed E-state index contributed by atoms with van der Waals surface area (Å²) in [4.78, 5) is 12.4. The molecule has 4 heterocycles. The average molecular weight is 626 g/mol. The molecule has 1 radical (unpaired) electrons. The normalized spacial score (nSPS) is 13.8. The van der Waals surface area contributed by atoms with Crippen LogP contribution >= 0.6 is 0 Å². The number of rotatable bonds is 2. The molecule has 5 heteroatoms. The number of furan rings is 1. The van der Waals surface area contributed by atoms with Gasteiger partial charge in [-0.05, 0) is 36.1 Å². The minimum atomic E-state index is -2.25. The molecule has 0 spiro atoms. The van der Waals surface area contributed by atoms with E-state index in [-0.39, 0.29) is 31.2 Å². The minimum Gasteiger partial charge on any atom is -0.455 e. The molecule has 34 heavy (non-hydrogen) atoms. The molecular weight excluding hydrogens is 599 g/mol. The van der Waals surface area contributed by atoms with Gasteiger partial charge in [0.2, 0.25) is 0 Å². The van der Waals surface area contributed by atoms with Crippen LogP contribution in [-0.2, 0) is 20.1 Å². The molecule has 4 aromatic heterocycles. The molecule has 0 aliphatic carbocycles. The van der Waals surface area contributed by atoms with Gasteiger partial charge in [-0.25, -0.2) is 0 Å². The van der Waals surface area contributed by atoms with Crippen molar-refractivity contribution in [3.63, 3.8) is 0 Å². The van der Waals surface area contributed by atoms with Gasteiger partial charge >= 0.3 is 0 Å². The second-order valence-electron chi connectivity index (χ2n) is 7.22. The second-order valence-corrected chi connectivity index (χ2v) is 7.22. The van der Waals surface area contributed by atoms with Crippen molar-refractivity contribution >= 4 is 21.9 Å². The first kappa shape index (κ1) is 16.9. The molecular formula is C29H21IrN3O-2. The number of para-hydroxylation sites is 1. The Morgan fingerprint density at radius 1 is 0.824 bits per heavy atom. The van der Waals surface area contributed by atoms with Crippen LogP contribution in [0.3, 0.4) is 0 Å². The van der Waals surface area contributed by atoms with E-state index in [1.54, 1.807) is 24.4 Å². The molecule has 0 atom stereocenters. The number of hydrogen-bond acceptors (Lipinski definition) is 4. The zero-order valence-corrected chi connectivity index (χ0v) is 20.1. The summed E-state index contributed by atoms with van der Waals surface area (Å²) in [5.41, 5.74) is 4.37. The number of pyridine rings is 3. The van der Waals surface area contributed by atoms with Gasteiger partial charge in [-0.1, -0.05) is 49.4 Å². The molecule has 0 fully saturated rings. The second kappa shape index (κ2) is 10.5. The third kappa shape index (κ3) is 4.96. The van der Waals surface area contributed by atoms with Crippen LogP contribution in [0.1, 0.15) is 19.4 Å². The van der Waals surface area contributed by atoms with Gasteiger partial charge in [0.25, 0.3) is 0 Å². The fraction of sp³-hybridized carbons (Fsp3) is 0.0690. The largest absolute Gasteiger partial charge is 0.455 e. The van der Waals surface area contributed by atoms with Crippen LogP contribution in [0.25, 0.3) is 44.5 Å². The van der Waals surface area contributed by atoms with Crippen molar-refractivity contribution in [3.05, 3.63) is 115 Å². The Hall–Kier alpha value is -3.66. The van der Waals surface area contributed by atoms with E-state index in [4.69, 9.17) is 12.6 Å². The molecule has 0 aliphatic rings. The van der Waals surface area contributed by atoms with Gasteiger partial charge in [-0.3, -0.25) is 0 Å². The third-order valence-corrected chi connectivity index (χ3v) is 5.03. The summed E-state index contributed by atoms with van der Waals surface area (Å²) in [5.74, 6) is 0. The number of aromatic nitrogens is 3. The molecule has 4 nitrogen and oxygen atoms in total. The van der Waals surface area contributed by atoms with Crippen LogP contribution < -0.4 is 0 Å². The maximum absolute atomic E-state index is 7.67. The number of nitrogens with zero attached hydrogens (tertiary/aromatic N) is 3. The Labute approximate surface area is 220 Å². The summed E-state index contributed by atoms with van der Waals surface area (Å²) in [6, 6.07) is 24.8. The van der Waals surface area contributed by atoms with E-state index >= 15 is 0 Å². The van der Waals surface area contributed by atoms with E-state index in [1.807, 2.05) is 48.5 Å². The Balaban J connectivity index is 0.000000192. The van der Waals surface area contributed by atoms with Crippen LogP contribution in [0, 0.1) is 26.0 Å². The van der Waals surface area contributed by atoms with E-state index in [0.717, 1.165) is 27.6 Å². The summed E-state index contributed by atoms with van der Waals surface area (Å²) < 4.78 is 50.4. The van der Waals surface area contributed by atoms with Crippen molar-refractivity contribution in [1.29, 1.82) is 0 Å². The first-order valence-corrected chi connectivity index (χ1v) is 10.2. The van der Waals surface area contributed by atoms with E-state index in [1.165, 1.54) is 18.5 Å². The van der Waals surface area contributed by atoms with Crippen LogP contribution in [0.2, 0.25) is 0 Å². The van der Waals surface area contributed by atoms with E-state index in [0.29, 0.717) is 16.8 Å². The molecule has 0 aliphatic heterocycles. The standard InChI is InChI=1S/C17H11N2O.C12H10N.Ir/c1-11-6-7-18-9-14(11)15-8-13-12-4-2-3-5-16(12)20-17(13)10-19-15;1-10-7-8-12(13-9-10)11-5-3-2-4-6-11;/h2-8,10H,1H3;2-5,7-9H,1H3;/q2*-1;/i2*1D3;. The van der Waals surface area contributed by atoms with Gasteiger partial charge in [-0.15, -0.1) is 53.1 Å². The van der Waals surface area contributed by atoms with E-state index < -0.39 is 13.7 Å². The average Bonchev–Trinajstić information content (AvgIpc) is 3.31. The van der Waals surface area contributed by atoms with Crippen LogP contribution in [0.15, 0.2) is 95.8 Å². The zero-order valence-electron chi connectivity index (χ0n) is 23.7. The molecule has 0 saturated carbocycles. The smallest absolute Gasteiger partial charge is 0.151 e. The van der Waals surface area contributed by atoms with Gasteiger partial charge in [0, 0.05) is 45.3 Å². The Bertz CT molecular complexity index is 1730. The van der Waals surface area contributed by atoms with Gasteiger partial charge in [0.1, 0.15) is 5.58 Å².